The molecule has 1 aromatic heterocycles. The summed E-state index contributed by atoms with van der Waals surface area (Å²) in [4.78, 5) is 32.6. The van der Waals surface area contributed by atoms with Gasteiger partial charge in [0, 0.05) is 41.6 Å². The third-order valence-corrected chi connectivity index (χ3v) is 8.21. The number of aromatic hydroxyl groups is 1. The summed E-state index contributed by atoms with van der Waals surface area (Å²) in [5.74, 6) is -0.971. The van der Waals surface area contributed by atoms with Gasteiger partial charge < -0.3 is 30.1 Å². The number of phenols is 1. The van der Waals surface area contributed by atoms with E-state index in [1.807, 2.05) is 19.1 Å². The van der Waals surface area contributed by atoms with E-state index in [2.05, 4.69) is 34.4 Å². The summed E-state index contributed by atoms with van der Waals surface area (Å²) in [7, 11) is 0. The maximum absolute atomic E-state index is 15.2. The van der Waals surface area contributed by atoms with E-state index in [1.165, 1.54) is 30.0 Å². The number of rotatable bonds is 13. The topological polar surface area (TPSA) is 113 Å². The number of nitrogens with one attached hydrogen (secondary N) is 2. The van der Waals surface area contributed by atoms with Crippen molar-refractivity contribution in [3.05, 3.63) is 71.8 Å². The number of fused-ring (bicyclic) bond motifs is 1. The molecular formula is C34H39FN4O5. The number of aromatic nitrogens is 1. The molecule has 0 saturated heterocycles. The van der Waals surface area contributed by atoms with Crippen LogP contribution in [0.4, 0.5) is 10.1 Å². The van der Waals surface area contributed by atoms with Crippen LogP contribution in [0.25, 0.3) is 10.9 Å². The van der Waals surface area contributed by atoms with Gasteiger partial charge in [0.25, 0.3) is 0 Å². The SMILES string of the molecule is CCN(CC)CCCOc1cc2c(Oc3ccc(NC(=O)C4(C(=O)NC5=CC=C(C)CC5)CC4)cc3F)ccnc2cc1O. The molecule has 0 bridgehead atoms. The van der Waals surface area contributed by atoms with Gasteiger partial charge in [-0.15, -0.1) is 0 Å². The normalized spacial score (nSPS) is 15.4. The molecule has 9 nitrogen and oxygen atoms in total. The molecule has 2 aliphatic carbocycles. The Bertz CT molecular complexity index is 1610. The molecule has 3 N–H and O–H groups in total. The minimum atomic E-state index is -1.16. The molecule has 0 atom stereocenters. The zero-order chi connectivity index (χ0) is 31.3. The first-order valence-electron chi connectivity index (χ1n) is 15.2. The average Bonchev–Trinajstić information content (AvgIpc) is 3.83. The van der Waals surface area contributed by atoms with Crippen molar-refractivity contribution in [3.8, 4) is 23.0 Å². The number of hydrogen-bond donors (Lipinski definition) is 3. The molecular weight excluding hydrogens is 563 g/mol. The number of halogens is 1. The van der Waals surface area contributed by atoms with E-state index in [1.54, 1.807) is 12.1 Å². The second-order valence-corrected chi connectivity index (χ2v) is 11.3. The number of allylic oxidation sites excluding steroid dienone is 4. The molecule has 2 aliphatic rings. The first-order valence-corrected chi connectivity index (χ1v) is 15.2. The third-order valence-electron chi connectivity index (χ3n) is 8.21. The molecule has 5 rings (SSSR count). The number of pyridine rings is 1. The molecule has 0 radical (unpaired) electrons. The van der Waals surface area contributed by atoms with Crippen molar-refractivity contribution in [2.24, 2.45) is 5.41 Å². The minimum absolute atomic E-state index is 0.0409. The van der Waals surface area contributed by atoms with Crippen LogP contribution in [0, 0.1) is 11.2 Å². The molecule has 1 heterocycles. The highest BCUT2D eigenvalue weighted by Gasteiger charge is 2.56. The number of carbonyl (C=O) groups excluding carboxylic acids is 2. The molecule has 10 heteroatoms. The van der Waals surface area contributed by atoms with Crippen LogP contribution in [0.2, 0.25) is 0 Å². The molecule has 44 heavy (non-hydrogen) atoms. The van der Waals surface area contributed by atoms with Gasteiger partial charge in [-0.25, -0.2) is 4.39 Å². The predicted molar refractivity (Wildman–Crippen MR) is 167 cm³/mol. The van der Waals surface area contributed by atoms with Gasteiger partial charge in [-0.05, 0) is 82.5 Å². The second-order valence-electron chi connectivity index (χ2n) is 11.3. The van der Waals surface area contributed by atoms with E-state index in [0.29, 0.717) is 36.1 Å². The van der Waals surface area contributed by atoms with Crippen molar-refractivity contribution in [1.82, 2.24) is 15.2 Å². The lowest BCUT2D eigenvalue weighted by atomic mass is 10.0. The van der Waals surface area contributed by atoms with Crippen LogP contribution >= 0.6 is 0 Å². The summed E-state index contributed by atoms with van der Waals surface area (Å²) >= 11 is 0. The molecule has 1 saturated carbocycles. The van der Waals surface area contributed by atoms with Gasteiger partial charge in [0.15, 0.2) is 23.1 Å². The van der Waals surface area contributed by atoms with Crippen LogP contribution in [0.1, 0.15) is 52.9 Å². The fourth-order valence-corrected chi connectivity index (χ4v) is 5.18. The molecule has 0 unspecified atom stereocenters. The van der Waals surface area contributed by atoms with E-state index in [4.69, 9.17) is 9.47 Å². The lowest BCUT2D eigenvalue weighted by Gasteiger charge is -2.19. The van der Waals surface area contributed by atoms with E-state index in [-0.39, 0.29) is 28.8 Å². The Kier molecular flexibility index (Phi) is 9.49. The summed E-state index contributed by atoms with van der Waals surface area (Å²) in [6, 6.07) is 8.84. The van der Waals surface area contributed by atoms with Gasteiger partial charge in [-0.1, -0.05) is 25.5 Å². The molecule has 232 valence electrons. The van der Waals surface area contributed by atoms with Gasteiger partial charge in [0.1, 0.15) is 11.2 Å². The second kappa shape index (κ2) is 13.5. The van der Waals surface area contributed by atoms with Gasteiger partial charge in [0.05, 0.1) is 12.1 Å². The highest BCUT2D eigenvalue weighted by atomic mass is 19.1. The van der Waals surface area contributed by atoms with Crippen molar-refractivity contribution in [2.45, 2.75) is 52.9 Å². The molecule has 0 aliphatic heterocycles. The fourth-order valence-electron chi connectivity index (χ4n) is 5.18. The molecule has 0 spiro atoms. The van der Waals surface area contributed by atoms with Crippen LogP contribution in [-0.4, -0.2) is 53.0 Å². The average molecular weight is 603 g/mol. The van der Waals surface area contributed by atoms with Crippen molar-refractivity contribution in [2.75, 3.05) is 31.6 Å². The zero-order valence-corrected chi connectivity index (χ0v) is 25.4. The van der Waals surface area contributed by atoms with Gasteiger partial charge in [0.2, 0.25) is 11.8 Å². The Labute approximate surface area is 256 Å². The fraction of sp³-hybridized carbons (Fsp3) is 0.382. The van der Waals surface area contributed by atoms with E-state index in [0.717, 1.165) is 50.7 Å². The Morgan fingerprint density at radius 2 is 1.77 bits per heavy atom. The number of carbonyl (C=O) groups is 2. The highest BCUT2D eigenvalue weighted by molar-refractivity contribution is 6.13. The molecule has 1 fully saturated rings. The minimum Gasteiger partial charge on any atom is -0.504 e. The summed E-state index contributed by atoms with van der Waals surface area (Å²) in [5, 5.41) is 16.6. The first kappa shape index (κ1) is 31.0. The lowest BCUT2D eigenvalue weighted by Crippen LogP contribution is -2.39. The highest BCUT2D eigenvalue weighted by Crippen LogP contribution is 2.47. The van der Waals surface area contributed by atoms with Crippen molar-refractivity contribution in [1.29, 1.82) is 0 Å². The lowest BCUT2D eigenvalue weighted by molar-refractivity contribution is -0.133. The Hall–Kier alpha value is -4.44. The number of benzene rings is 2. The van der Waals surface area contributed by atoms with Crippen LogP contribution in [0.5, 0.6) is 23.0 Å². The Morgan fingerprint density at radius 1 is 1.00 bits per heavy atom. The van der Waals surface area contributed by atoms with Gasteiger partial charge in [-0.3, -0.25) is 14.6 Å². The number of anilines is 1. The Balaban J connectivity index is 1.25. The van der Waals surface area contributed by atoms with Crippen LogP contribution in [-0.2, 0) is 9.59 Å². The molecule has 3 aromatic rings. The van der Waals surface area contributed by atoms with Gasteiger partial charge >= 0.3 is 0 Å². The summed E-state index contributed by atoms with van der Waals surface area (Å²) in [5.41, 5.74) is 1.56. The largest absolute Gasteiger partial charge is 0.504 e. The number of hydrogen-bond acceptors (Lipinski definition) is 7. The maximum atomic E-state index is 15.2. The number of ether oxygens (including phenoxy) is 2. The molecule has 2 amide bonds. The van der Waals surface area contributed by atoms with E-state index in [9.17, 15) is 14.7 Å². The Morgan fingerprint density at radius 3 is 2.45 bits per heavy atom. The van der Waals surface area contributed by atoms with Crippen molar-refractivity contribution in [3.63, 3.8) is 0 Å². The smallest absolute Gasteiger partial charge is 0.240 e. The summed E-state index contributed by atoms with van der Waals surface area (Å²) in [6.45, 7) is 9.49. The predicted octanol–water partition coefficient (Wildman–Crippen LogP) is 6.44. The summed E-state index contributed by atoms with van der Waals surface area (Å²) in [6.07, 6.45) is 8.59. The zero-order valence-electron chi connectivity index (χ0n) is 25.4. The van der Waals surface area contributed by atoms with Crippen LogP contribution < -0.4 is 20.1 Å². The quantitative estimate of drug-likeness (QED) is 0.152. The van der Waals surface area contributed by atoms with Crippen LogP contribution in [0.15, 0.2) is 66.0 Å². The first-order chi connectivity index (χ1) is 21.2. The van der Waals surface area contributed by atoms with Crippen molar-refractivity contribution >= 4 is 28.4 Å². The van der Waals surface area contributed by atoms with Crippen LogP contribution in [0.3, 0.4) is 0 Å². The monoisotopic (exact) mass is 602 g/mol. The maximum Gasteiger partial charge on any atom is 0.240 e. The third kappa shape index (κ3) is 7.02. The van der Waals surface area contributed by atoms with E-state index < -0.39 is 17.1 Å². The van der Waals surface area contributed by atoms with Crippen molar-refractivity contribution < 1.29 is 28.6 Å². The number of phenolic OH excluding ortho intramolecular Hbond substituents is 1. The van der Waals surface area contributed by atoms with E-state index >= 15 is 4.39 Å². The number of nitrogens with zero attached hydrogens (tertiary/aromatic N) is 2. The summed E-state index contributed by atoms with van der Waals surface area (Å²) < 4.78 is 27.0. The standard InChI is InChI=1S/C34H39FN4O5/c1-4-39(5-2)17-6-18-43-31-20-25-27(21-28(31)40)36-16-13-29(25)44-30-12-11-24(19-26(30)35)38-33(42)34(14-15-34)32(41)37-23-9-7-22(3)8-10-23/h7,9,11-13,16,19-21,40H,4-6,8,10,14-15,17-18H2,1-3H3,(H,37,41)(H,38,42). The van der Waals surface area contributed by atoms with Gasteiger partial charge in [-0.2, -0.15) is 0 Å². The number of amides is 2. The molecule has 2 aromatic carbocycles.